The Labute approximate surface area is 147 Å². The molecule has 0 spiro atoms. The van der Waals surface area contributed by atoms with Crippen molar-refractivity contribution in [2.24, 2.45) is 0 Å². The number of rotatable bonds is 6. The maximum Gasteiger partial charge on any atom is 0.325 e. The van der Waals surface area contributed by atoms with Gasteiger partial charge in [-0.05, 0) is 26.0 Å². The van der Waals surface area contributed by atoms with Gasteiger partial charge >= 0.3 is 12.0 Å². The van der Waals surface area contributed by atoms with Gasteiger partial charge in [-0.1, -0.05) is 28.1 Å². The topological polar surface area (TPSA) is 92.8 Å². The summed E-state index contributed by atoms with van der Waals surface area (Å²) in [6, 6.07) is 6.20. The molecular weight excluding hydrogens is 380 g/mol. The maximum absolute atomic E-state index is 12.0. The Balaban J connectivity index is 1.81. The molecule has 0 atom stereocenters. The molecule has 0 aromatic heterocycles. The summed E-state index contributed by atoms with van der Waals surface area (Å²) in [5.41, 5.74) is -0.550. The van der Waals surface area contributed by atoms with Gasteiger partial charge in [0.15, 0.2) is 12.4 Å². The predicted molar refractivity (Wildman–Crippen MR) is 88.4 cm³/mol. The minimum absolute atomic E-state index is 0.0853. The van der Waals surface area contributed by atoms with E-state index in [1.807, 2.05) is 0 Å². The van der Waals surface area contributed by atoms with E-state index in [1.165, 1.54) is 0 Å². The van der Waals surface area contributed by atoms with Crippen LogP contribution < -0.4 is 5.32 Å². The van der Waals surface area contributed by atoms with E-state index in [-0.39, 0.29) is 25.4 Å². The third-order valence-corrected chi connectivity index (χ3v) is 3.99. The van der Waals surface area contributed by atoms with Gasteiger partial charge in [-0.3, -0.25) is 19.3 Å². The maximum atomic E-state index is 12.0. The van der Waals surface area contributed by atoms with Crippen molar-refractivity contribution in [1.29, 1.82) is 0 Å². The molecule has 0 bridgehead atoms. The highest BCUT2D eigenvalue weighted by atomic mass is 79.9. The molecule has 1 saturated heterocycles. The molecule has 24 heavy (non-hydrogen) atoms. The SMILES string of the molecule is CC1(C)NC(=O)N(CCC(=O)OCC(=O)c2cccc(Br)c2)C1=O. The lowest BCUT2D eigenvalue weighted by Gasteiger charge is -2.15. The van der Waals surface area contributed by atoms with Gasteiger partial charge in [-0.25, -0.2) is 4.79 Å². The van der Waals surface area contributed by atoms with Gasteiger partial charge in [0.1, 0.15) is 5.54 Å². The van der Waals surface area contributed by atoms with E-state index in [1.54, 1.807) is 38.1 Å². The molecule has 8 heteroatoms. The first-order valence-corrected chi connectivity index (χ1v) is 8.08. The fourth-order valence-electron chi connectivity index (χ4n) is 2.19. The minimum atomic E-state index is -0.975. The summed E-state index contributed by atoms with van der Waals surface area (Å²) >= 11 is 3.26. The summed E-state index contributed by atoms with van der Waals surface area (Å²) < 4.78 is 5.66. The van der Waals surface area contributed by atoms with E-state index in [4.69, 9.17) is 4.74 Å². The Morgan fingerprint density at radius 3 is 2.58 bits per heavy atom. The van der Waals surface area contributed by atoms with Crippen LogP contribution in [0.5, 0.6) is 0 Å². The average molecular weight is 397 g/mol. The van der Waals surface area contributed by atoms with Gasteiger partial charge in [0.25, 0.3) is 5.91 Å². The first kappa shape index (κ1) is 18.1. The Kier molecular flexibility index (Phi) is 5.38. The van der Waals surface area contributed by atoms with Crippen molar-refractivity contribution in [2.45, 2.75) is 25.8 Å². The fraction of sp³-hybridized carbons (Fsp3) is 0.375. The second-order valence-electron chi connectivity index (χ2n) is 5.86. The van der Waals surface area contributed by atoms with Crippen LogP contribution in [0.15, 0.2) is 28.7 Å². The lowest BCUT2D eigenvalue weighted by atomic mass is 10.1. The van der Waals surface area contributed by atoms with E-state index in [9.17, 15) is 19.2 Å². The summed E-state index contributed by atoms with van der Waals surface area (Å²) in [7, 11) is 0. The zero-order valence-corrected chi connectivity index (χ0v) is 14.9. The zero-order chi connectivity index (χ0) is 17.9. The zero-order valence-electron chi connectivity index (χ0n) is 13.3. The van der Waals surface area contributed by atoms with Crippen LogP contribution in [-0.2, 0) is 14.3 Å². The van der Waals surface area contributed by atoms with E-state index in [0.29, 0.717) is 5.56 Å². The number of carbonyl (C=O) groups excluding carboxylic acids is 4. The highest BCUT2D eigenvalue weighted by molar-refractivity contribution is 9.10. The van der Waals surface area contributed by atoms with Crippen molar-refractivity contribution < 1.29 is 23.9 Å². The molecule has 7 nitrogen and oxygen atoms in total. The molecule has 0 aliphatic carbocycles. The molecule has 0 saturated carbocycles. The summed E-state index contributed by atoms with van der Waals surface area (Å²) in [6.07, 6.45) is -0.166. The number of ether oxygens (including phenoxy) is 1. The van der Waals surface area contributed by atoms with Crippen molar-refractivity contribution in [3.8, 4) is 0 Å². The molecule has 0 radical (unpaired) electrons. The monoisotopic (exact) mass is 396 g/mol. The number of halogens is 1. The van der Waals surface area contributed by atoms with Crippen LogP contribution in [-0.4, -0.2) is 47.3 Å². The largest absolute Gasteiger partial charge is 0.457 e. The normalized spacial score (nSPS) is 16.0. The number of ketones is 1. The van der Waals surface area contributed by atoms with Crippen molar-refractivity contribution in [3.63, 3.8) is 0 Å². The van der Waals surface area contributed by atoms with Gasteiger partial charge < -0.3 is 10.1 Å². The highest BCUT2D eigenvalue weighted by Gasteiger charge is 2.44. The van der Waals surface area contributed by atoms with Gasteiger partial charge in [-0.2, -0.15) is 0 Å². The second kappa shape index (κ2) is 7.12. The van der Waals surface area contributed by atoms with Crippen LogP contribution in [0.25, 0.3) is 0 Å². The van der Waals surface area contributed by atoms with E-state index < -0.39 is 23.4 Å². The van der Waals surface area contributed by atoms with Gasteiger partial charge in [0.05, 0.1) is 6.42 Å². The summed E-state index contributed by atoms with van der Waals surface area (Å²) in [5.74, 6) is -1.38. The first-order valence-electron chi connectivity index (χ1n) is 7.29. The summed E-state index contributed by atoms with van der Waals surface area (Å²) in [4.78, 5) is 48.3. The number of carbonyl (C=O) groups is 4. The number of hydrogen-bond donors (Lipinski definition) is 1. The molecule has 3 amide bonds. The second-order valence-corrected chi connectivity index (χ2v) is 6.77. The number of nitrogens with zero attached hydrogens (tertiary/aromatic N) is 1. The molecule has 1 aliphatic heterocycles. The molecule has 1 aromatic rings. The average Bonchev–Trinajstić information content (AvgIpc) is 2.71. The lowest BCUT2D eigenvalue weighted by molar-refractivity contribution is -0.143. The molecule has 0 unspecified atom stereocenters. The van der Waals surface area contributed by atoms with E-state index in [0.717, 1.165) is 9.37 Å². The molecule has 2 rings (SSSR count). The van der Waals surface area contributed by atoms with Gasteiger partial charge in [0.2, 0.25) is 0 Å². The van der Waals surface area contributed by atoms with Crippen molar-refractivity contribution >= 4 is 39.6 Å². The minimum Gasteiger partial charge on any atom is -0.457 e. The highest BCUT2D eigenvalue weighted by Crippen LogP contribution is 2.17. The molecule has 128 valence electrons. The predicted octanol–water partition coefficient (Wildman–Crippen LogP) is 1.90. The first-order chi connectivity index (χ1) is 11.2. The van der Waals surface area contributed by atoms with Crippen LogP contribution in [0.3, 0.4) is 0 Å². The number of amides is 3. The smallest absolute Gasteiger partial charge is 0.325 e. The molecule has 1 N–H and O–H groups in total. The van der Waals surface area contributed by atoms with E-state index >= 15 is 0 Å². The quantitative estimate of drug-likeness (QED) is 0.450. The molecule has 1 fully saturated rings. The van der Waals surface area contributed by atoms with Gasteiger partial charge in [0, 0.05) is 16.6 Å². The summed E-state index contributed by atoms with van der Waals surface area (Å²) in [5, 5.41) is 2.52. The van der Waals surface area contributed by atoms with Crippen LogP contribution in [0.2, 0.25) is 0 Å². The number of nitrogens with one attached hydrogen (secondary N) is 1. The third-order valence-electron chi connectivity index (χ3n) is 3.49. The van der Waals surface area contributed by atoms with Crippen molar-refractivity contribution in [1.82, 2.24) is 10.2 Å². The van der Waals surface area contributed by atoms with Crippen LogP contribution in [0.4, 0.5) is 4.79 Å². The third kappa shape index (κ3) is 4.19. The number of esters is 1. The van der Waals surface area contributed by atoms with Crippen molar-refractivity contribution in [3.05, 3.63) is 34.3 Å². The number of Topliss-reactive ketones (excluding diaryl/α,β-unsaturated/α-hetero) is 1. The van der Waals surface area contributed by atoms with E-state index in [2.05, 4.69) is 21.2 Å². The number of urea groups is 1. The molecule has 1 heterocycles. The summed E-state index contributed by atoms with van der Waals surface area (Å²) in [6.45, 7) is 2.70. The Hall–Kier alpha value is -2.22. The Bertz CT molecular complexity index is 701. The van der Waals surface area contributed by atoms with Crippen molar-refractivity contribution in [2.75, 3.05) is 13.2 Å². The lowest BCUT2D eigenvalue weighted by Crippen LogP contribution is -2.40. The van der Waals surface area contributed by atoms with Crippen LogP contribution in [0, 0.1) is 0 Å². The molecular formula is C16H17BrN2O5. The standard InChI is InChI=1S/C16H17BrN2O5/c1-16(2)14(22)19(15(23)18-16)7-6-13(21)24-9-12(20)10-4-3-5-11(17)8-10/h3-5,8H,6-7,9H2,1-2H3,(H,18,23). The number of hydrogen-bond acceptors (Lipinski definition) is 5. The van der Waals surface area contributed by atoms with Crippen LogP contribution >= 0.6 is 15.9 Å². The molecule has 1 aliphatic rings. The van der Waals surface area contributed by atoms with Crippen LogP contribution in [0.1, 0.15) is 30.6 Å². The Morgan fingerprint density at radius 1 is 1.29 bits per heavy atom. The fourth-order valence-corrected chi connectivity index (χ4v) is 2.59. The Morgan fingerprint density at radius 2 is 2.00 bits per heavy atom. The molecule has 1 aromatic carbocycles. The number of benzene rings is 1. The van der Waals surface area contributed by atoms with Gasteiger partial charge in [-0.15, -0.1) is 0 Å². The number of imide groups is 1.